The van der Waals surface area contributed by atoms with E-state index in [9.17, 15) is 0 Å². The fourth-order valence-electron chi connectivity index (χ4n) is 7.45. The number of hydrogen-bond acceptors (Lipinski definition) is 2. The van der Waals surface area contributed by atoms with Gasteiger partial charge in [0.25, 0.3) is 0 Å². The summed E-state index contributed by atoms with van der Waals surface area (Å²) in [6.45, 7) is 21.1. The number of hydrogen-bond donors (Lipinski definition) is 0. The molecule has 2 nitrogen and oxygen atoms in total. The van der Waals surface area contributed by atoms with Gasteiger partial charge in [-0.05, 0) is 139 Å². The van der Waals surface area contributed by atoms with Crippen molar-refractivity contribution in [2.75, 3.05) is 9.80 Å². The molecule has 0 amide bonds. The molecule has 276 valence electrons. The van der Waals surface area contributed by atoms with Gasteiger partial charge in [0.05, 0.1) is 0 Å². The highest BCUT2D eigenvalue weighted by atomic mass is 15.2. The van der Waals surface area contributed by atoms with Gasteiger partial charge in [0, 0.05) is 39.6 Å². The second kappa shape index (κ2) is 20.2. The van der Waals surface area contributed by atoms with E-state index in [-0.39, 0.29) is 5.41 Å². The molecule has 3 aromatic carbocycles. The molecular formula is C51H62N2. The van der Waals surface area contributed by atoms with Crippen LogP contribution in [0.25, 0.3) is 0 Å². The SMILES string of the molecule is C=C.C\C=C/C(=C\C=C\C)N(C1=CCC=C(C)C=C1)c1ccc(C2(c3ccc(N(/C(=C/C=C(C)C)CC)c4ccc(C)cc4)cc3)CCCCC2)cc1. The first kappa shape index (κ1) is 40.7. The first-order chi connectivity index (χ1) is 25.8. The fourth-order valence-corrected chi connectivity index (χ4v) is 7.45. The maximum atomic E-state index is 3.00. The van der Waals surface area contributed by atoms with Crippen molar-refractivity contribution >= 4 is 17.1 Å². The molecule has 5 rings (SSSR count). The van der Waals surface area contributed by atoms with Crippen LogP contribution in [0.3, 0.4) is 0 Å². The highest BCUT2D eigenvalue weighted by Crippen LogP contribution is 2.46. The van der Waals surface area contributed by atoms with Crippen molar-refractivity contribution in [3.63, 3.8) is 0 Å². The summed E-state index contributed by atoms with van der Waals surface area (Å²) in [4.78, 5) is 4.82. The van der Waals surface area contributed by atoms with Crippen molar-refractivity contribution in [1.29, 1.82) is 0 Å². The predicted octanol–water partition coefficient (Wildman–Crippen LogP) is 15.1. The minimum Gasteiger partial charge on any atom is -0.314 e. The van der Waals surface area contributed by atoms with Gasteiger partial charge in [-0.1, -0.05) is 122 Å². The Bertz CT molecular complexity index is 1860. The van der Waals surface area contributed by atoms with Crippen LogP contribution < -0.4 is 9.80 Å². The van der Waals surface area contributed by atoms with E-state index < -0.39 is 0 Å². The second-order valence-electron chi connectivity index (χ2n) is 14.3. The van der Waals surface area contributed by atoms with E-state index in [0.29, 0.717) is 0 Å². The van der Waals surface area contributed by atoms with Crippen LogP contribution in [-0.4, -0.2) is 0 Å². The normalized spacial score (nSPS) is 16.0. The van der Waals surface area contributed by atoms with E-state index in [1.165, 1.54) is 88.4 Å². The molecule has 0 N–H and O–H groups in total. The zero-order chi connectivity index (χ0) is 38.2. The smallest absolute Gasteiger partial charge is 0.0461 e. The first-order valence-electron chi connectivity index (χ1n) is 19.5. The lowest BCUT2D eigenvalue weighted by Gasteiger charge is -2.39. The molecule has 1 fully saturated rings. The lowest BCUT2D eigenvalue weighted by Crippen LogP contribution is -2.30. The highest BCUT2D eigenvalue weighted by Gasteiger charge is 2.36. The summed E-state index contributed by atoms with van der Waals surface area (Å²) >= 11 is 0. The van der Waals surface area contributed by atoms with Gasteiger partial charge in [-0.3, -0.25) is 0 Å². The third-order valence-electron chi connectivity index (χ3n) is 10.2. The van der Waals surface area contributed by atoms with Crippen molar-refractivity contribution < 1.29 is 0 Å². The molecule has 3 aromatic rings. The molecule has 0 spiro atoms. The minimum absolute atomic E-state index is 0.00419. The molecule has 2 heteroatoms. The van der Waals surface area contributed by atoms with Crippen LogP contribution in [0.1, 0.15) is 103 Å². The average molecular weight is 703 g/mol. The van der Waals surface area contributed by atoms with Gasteiger partial charge in [-0.25, -0.2) is 0 Å². The second-order valence-corrected chi connectivity index (χ2v) is 14.3. The number of rotatable bonds is 12. The molecule has 53 heavy (non-hydrogen) atoms. The van der Waals surface area contributed by atoms with Gasteiger partial charge in [-0.2, -0.15) is 0 Å². The molecule has 2 aliphatic rings. The number of anilines is 3. The Morgan fingerprint density at radius 2 is 1.25 bits per heavy atom. The van der Waals surface area contributed by atoms with Crippen LogP contribution in [-0.2, 0) is 5.41 Å². The maximum absolute atomic E-state index is 3.00. The first-order valence-corrected chi connectivity index (χ1v) is 19.5. The Morgan fingerprint density at radius 3 is 1.77 bits per heavy atom. The predicted molar refractivity (Wildman–Crippen MR) is 235 cm³/mol. The molecule has 0 atom stereocenters. The van der Waals surface area contributed by atoms with E-state index in [4.69, 9.17) is 0 Å². The van der Waals surface area contributed by atoms with Crippen LogP contribution in [0.4, 0.5) is 17.1 Å². The minimum atomic E-state index is -0.00419. The molecule has 0 aliphatic heterocycles. The molecule has 0 bridgehead atoms. The summed E-state index contributed by atoms with van der Waals surface area (Å²) < 4.78 is 0. The lowest BCUT2D eigenvalue weighted by atomic mass is 9.65. The Labute approximate surface area is 322 Å². The largest absolute Gasteiger partial charge is 0.314 e. The molecule has 0 unspecified atom stereocenters. The summed E-state index contributed by atoms with van der Waals surface area (Å²) in [5.74, 6) is 0. The van der Waals surface area contributed by atoms with Crippen LogP contribution in [0.2, 0.25) is 0 Å². The highest BCUT2D eigenvalue weighted by molar-refractivity contribution is 5.70. The van der Waals surface area contributed by atoms with E-state index in [2.05, 4.69) is 211 Å². The summed E-state index contributed by atoms with van der Waals surface area (Å²) in [7, 11) is 0. The van der Waals surface area contributed by atoms with Crippen molar-refractivity contribution in [2.45, 2.75) is 98.8 Å². The van der Waals surface area contributed by atoms with Crippen molar-refractivity contribution in [3.8, 4) is 0 Å². The molecule has 0 heterocycles. The van der Waals surface area contributed by atoms with Crippen LogP contribution in [0.5, 0.6) is 0 Å². The monoisotopic (exact) mass is 702 g/mol. The number of nitrogens with zero attached hydrogens (tertiary/aromatic N) is 2. The number of aryl methyl sites for hydroxylation is 1. The van der Waals surface area contributed by atoms with E-state index >= 15 is 0 Å². The van der Waals surface area contributed by atoms with Gasteiger partial charge in [0.1, 0.15) is 0 Å². The summed E-state index contributed by atoms with van der Waals surface area (Å²) in [5, 5.41) is 0. The zero-order valence-electron chi connectivity index (χ0n) is 33.5. The van der Waals surface area contributed by atoms with Gasteiger partial charge >= 0.3 is 0 Å². The van der Waals surface area contributed by atoms with Gasteiger partial charge in [0.15, 0.2) is 0 Å². The molecule has 0 aromatic heterocycles. The van der Waals surface area contributed by atoms with Gasteiger partial charge < -0.3 is 9.80 Å². The van der Waals surface area contributed by atoms with Crippen LogP contribution in [0, 0.1) is 6.92 Å². The molecular weight excluding hydrogens is 641 g/mol. The molecule has 2 aliphatic carbocycles. The molecule has 1 saturated carbocycles. The van der Waals surface area contributed by atoms with Crippen molar-refractivity contribution in [2.24, 2.45) is 0 Å². The number of benzene rings is 3. The van der Waals surface area contributed by atoms with Crippen LogP contribution >= 0.6 is 0 Å². The zero-order valence-corrected chi connectivity index (χ0v) is 33.5. The van der Waals surface area contributed by atoms with Crippen molar-refractivity contribution in [3.05, 3.63) is 198 Å². The Balaban J connectivity index is 0.00000308. The third kappa shape index (κ3) is 10.3. The summed E-state index contributed by atoms with van der Waals surface area (Å²) in [5.41, 5.74) is 13.9. The summed E-state index contributed by atoms with van der Waals surface area (Å²) in [6.07, 6.45) is 32.4. The van der Waals surface area contributed by atoms with E-state index in [0.717, 1.165) is 18.5 Å². The molecule has 0 radical (unpaired) electrons. The quantitative estimate of drug-likeness (QED) is 0.137. The lowest BCUT2D eigenvalue weighted by molar-refractivity contribution is 0.346. The van der Waals surface area contributed by atoms with Gasteiger partial charge in [-0.15, -0.1) is 13.2 Å². The van der Waals surface area contributed by atoms with E-state index in [1.54, 1.807) is 0 Å². The Hall–Kier alpha value is -5.08. The third-order valence-corrected chi connectivity index (χ3v) is 10.2. The van der Waals surface area contributed by atoms with E-state index in [1.807, 2.05) is 0 Å². The Morgan fingerprint density at radius 1 is 0.679 bits per heavy atom. The number of allylic oxidation sites excluding steroid dienone is 14. The maximum Gasteiger partial charge on any atom is 0.0461 e. The standard InChI is InChI=1S/C49H58N2.C2H4/c1-8-11-18-44(16-9-2)51(45-19-15-17-39(6)21-29-45)48-34-26-42(27-35-48)49(36-13-12-14-37-49)41-24-32-47(33-25-41)50(43(10-3)28-20-38(4)5)46-30-22-40(7)23-31-46;1-2/h8-9,11,16-35H,10,12-15,36-37H2,1-7H3;1-2H2/b11-8+,16-9-,43-28+,44-18+;. The van der Waals surface area contributed by atoms with Crippen molar-refractivity contribution in [1.82, 2.24) is 0 Å². The topological polar surface area (TPSA) is 6.48 Å². The summed E-state index contributed by atoms with van der Waals surface area (Å²) in [6, 6.07) is 27.9. The average Bonchev–Trinajstić information content (AvgIpc) is 3.41. The Kier molecular flexibility index (Phi) is 15.5. The fraction of sp³-hybridized carbons (Fsp3) is 0.294. The molecule has 0 saturated heterocycles. The van der Waals surface area contributed by atoms with Gasteiger partial charge in [0.2, 0.25) is 0 Å². The van der Waals surface area contributed by atoms with Crippen LogP contribution in [0.15, 0.2) is 181 Å².